The van der Waals surface area contributed by atoms with Crippen molar-refractivity contribution in [1.29, 1.82) is 0 Å². The lowest BCUT2D eigenvalue weighted by Crippen LogP contribution is -2.50. The summed E-state index contributed by atoms with van der Waals surface area (Å²) in [6.07, 6.45) is 1.40. The van der Waals surface area contributed by atoms with E-state index in [4.69, 9.17) is 0 Å². The van der Waals surface area contributed by atoms with Crippen LogP contribution in [-0.2, 0) is 11.2 Å². The molecule has 0 fully saturated rings. The van der Waals surface area contributed by atoms with Crippen LogP contribution in [0.25, 0.3) is 0 Å². The molecule has 1 atom stereocenters. The van der Waals surface area contributed by atoms with Gasteiger partial charge in [0, 0.05) is 0 Å². The zero-order valence-electron chi connectivity index (χ0n) is 10.1. The Bertz CT molecular complexity index is 353. The number of likely N-dealkylation sites (N-methyl/N-ethyl adjacent to an activating group) is 1. The van der Waals surface area contributed by atoms with Gasteiger partial charge >= 0.3 is 0 Å². The Morgan fingerprint density at radius 1 is 1.38 bits per heavy atom. The SMILES string of the molecule is CCC(Cc1ccc(O)cc1)(NC)C(C)=O. The molecule has 3 nitrogen and oxygen atoms in total. The van der Waals surface area contributed by atoms with Crippen LogP contribution >= 0.6 is 0 Å². The maximum Gasteiger partial charge on any atom is 0.150 e. The van der Waals surface area contributed by atoms with Gasteiger partial charge in [0.25, 0.3) is 0 Å². The first-order valence-electron chi connectivity index (χ1n) is 5.52. The number of Topliss-reactive ketones (excluding diaryl/α,β-unsaturated/α-hetero) is 1. The summed E-state index contributed by atoms with van der Waals surface area (Å²) in [6, 6.07) is 6.98. The Hall–Kier alpha value is -1.35. The van der Waals surface area contributed by atoms with Crippen molar-refractivity contribution in [3.63, 3.8) is 0 Å². The number of benzene rings is 1. The number of hydrogen-bond acceptors (Lipinski definition) is 3. The minimum Gasteiger partial charge on any atom is -0.508 e. The van der Waals surface area contributed by atoms with Crippen molar-refractivity contribution in [1.82, 2.24) is 5.32 Å². The summed E-state index contributed by atoms with van der Waals surface area (Å²) in [4.78, 5) is 11.7. The van der Waals surface area contributed by atoms with Gasteiger partial charge < -0.3 is 10.4 Å². The summed E-state index contributed by atoms with van der Waals surface area (Å²) in [7, 11) is 1.81. The second-order valence-corrected chi connectivity index (χ2v) is 4.09. The number of aromatic hydroxyl groups is 1. The third kappa shape index (κ3) is 2.61. The van der Waals surface area contributed by atoms with Crippen LogP contribution in [-0.4, -0.2) is 23.5 Å². The van der Waals surface area contributed by atoms with Crippen LogP contribution in [0.4, 0.5) is 0 Å². The molecule has 0 aliphatic carbocycles. The van der Waals surface area contributed by atoms with Gasteiger partial charge in [-0.3, -0.25) is 4.79 Å². The minimum absolute atomic E-state index is 0.144. The van der Waals surface area contributed by atoms with Gasteiger partial charge in [-0.05, 0) is 44.5 Å². The average Bonchev–Trinajstić information content (AvgIpc) is 2.28. The van der Waals surface area contributed by atoms with Crippen molar-refractivity contribution in [2.45, 2.75) is 32.2 Å². The summed E-state index contributed by atoms with van der Waals surface area (Å²) in [5.74, 6) is 0.392. The molecule has 0 heterocycles. The summed E-state index contributed by atoms with van der Waals surface area (Å²) in [5.41, 5.74) is 0.556. The highest BCUT2D eigenvalue weighted by molar-refractivity contribution is 5.86. The minimum atomic E-state index is -0.489. The highest BCUT2D eigenvalue weighted by Crippen LogP contribution is 2.20. The third-order valence-corrected chi connectivity index (χ3v) is 3.20. The highest BCUT2D eigenvalue weighted by Gasteiger charge is 2.31. The molecule has 0 amide bonds. The Labute approximate surface area is 96.5 Å². The predicted octanol–water partition coefficient (Wildman–Crippen LogP) is 1.89. The molecule has 2 N–H and O–H groups in total. The molecule has 1 aromatic carbocycles. The van der Waals surface area contributed by atoms with Gasteiger partial charge in [-0.2, -0.15) is 0 Å². The smallest absolute Gasteiger partial charge is 0.150 e. The fourth-order valence-electron chi connectivity index (χ4n) is 1.90. The van der Waals surface area contributed by atoms with E-state index >= 15 is 0 Å². The number of rotatable bonds is 5. The van der Waals surface area contributed by atoms with Crippen LogP contribution < -0.4 is 5.32 Å². The molecule has 16 heavy (non-hydrogen) atoms. The number of phenols is 1. The maximum absolute atomic E-state index is 11.7. The molecular weight excluding hydrogens is 202 g/mol. The summed E-state index contributed by atoms with van der Waals surface area (Å²) >= 11 is 0. The zero-order chi connectivity index (χ0) is 12.2. The standard InChI is InChI=1S/C13H19NO2/c1-4-13(14-3,10(2)15)9-11-5-7-12(16)8-6-11/h5-8,14,16H,4,9H2,1-3H3. The number of carbonyl (C=O) groups is 1. The lowest BCUT2D eigenvalue weighted by molar-refractivity contribution is -0.123. The Balaban J connectivity index is 2.91. The van der Waals surface area contributed by atoms with E-state index in [9.17, 15) is 9.90 Å². The molecule has 0 aliphatic rings. The van der Waals surface area contributed by atoms with Crippen molar-refractivity contribution in [2.24, 2.45) is 0 Å². The average molecular weight is 221 g/mol. The first-order chi connectivity index (χ1) is 7.54. The van der Waals surface area contributed by atoms with E-state index in [1.165, 1.54) is 0 Å². The van der Waals surface area contributed by atoms with Gasteiger partial charge in [0.15, 0.2) is 0 Å². The van der Waals surface area contributed by atoms with Crippen LogP contribution in [0.5, 0.6) is 5.75 Å². The van der Waals surface area contributed by atoms with Crippen molar-refractivity contribution in [2.75, 3.05) is 7.05 Å². The molecule has 3 heteroatoms. The second kappa shape index (κ2) is 5.12. The van der Waals surface area contributed by atoms with E-state index in [1.54, 1.807) is 19.1 Å². The first-order valence-corrected chi connectivity index (χ1v) is 5.52. The lowest BCUT2D eigenvalue weighted by Gasteiger charge is -2.29. The lowest BCUT2D eigenvalue weighted by atomic mass is 9.85. The molecule has 0 saturated heterocycles. The Morgan fingerprint density at radius 3 is 2.31 bits per heavy atom. The predicted molar refractivity (Wildman–Crippen MR) is 64.6 cm³/mol. The molecule has 1 aromatic rings. The molecule has 0 aliphatic heterocycles. The van der Waals surface area contributed by atoms with Gasteiger partial charge in [0.05, 0.1) is 5.54 Å². The molecule has 88 valence electrons. The fourth-order valence-corrected chi connectivity index (χ4v) is 1.90. The quantitative estimate of drug-likeness (QED) is 0.798. The summed E-state index contributed by atoms with van der Waals surface area (Å²) < 4.78 is 0. The second-order valence-electron chi connectivity index (χ2n) is 4.09. The van der Waals surface area contributed by atoms with Crippen molar-refractivity contribution in [3.05, 3.63) is 29.8 Å². The molecule has 1 unspecified atom stereocenters. The van der Waals surface area contributed by atoms with Crippen molar-refractivity contribution in [3.8, 4) is 5.75 Å². The molecule has 1 rings (SSSR count). The van der Waals surface area contributed by atoms with E-state index in [0.717, 1.165) is 12.0 Å². The maximum atomic E-state index is 11.7. The normalized spacial score (nSPS) is 14.4. The van der Waals surface area contributed by atoms with E-state index in [2.05, 4.69) is 5.32 Å². The van der Waals surface area contributed by atoms with E-state index < -0.39 is 5.54 Å². The number of phenolic OH excluding ortho intramolecular Hbond substituents is 1. The molecule has 0 aromatic heterocycles. The Kier molecular flexibility index (Phi) is 4.07. The van der Waals surface area contributed by atoms with Gasteiger partial charge in [-0.1, -0.05) is 19.1 Å². The van der Waals surface area contributed by atoms with E-state index in [0.29, 0.717) is 6.42 Å². The van der Waals surface area contributed by atoms with Crippen molar-refractivity contribution >= 4 is 5.78 Å². The number of ketones is 1. The molecule has 0 radical (unpaired) electrons. The Morgan fingerprint density at radius 2 is 1.94 bits per heavy atom. The largest absolute Gasteiger partial charge is 0.508 e. The zero-order valence-corrected chi connectivity index (χ0v) is 10.1. The molecule has 0 saturated carbocycles. The topological polar surface area (TPSA) is 49.3 Å². The van der Waals surface area contributed by atoms with Crippen LogP contribution in [0, 0.1) is 0 Å². The number of carbonyl (C=O) groups excluding carboxylic acids is 1. The molecule has 0 bridgehead atoms. The van der Waals surface area contributed by atoms with Crippen molar-refractivity contribution < 1.29 is 9.90 Å². The van der Waals surface area contributed by atoms with Crippen LogP contribution in [0.15, 0.2) is 24.3 Å². The number of hydrogen-bond donors (Lipinski definition) is 2. The van der Waals surface area contributed by atoms with Crippen LogP contribution in [0.3, 0.4) is 0 Å². The number of nitrogens with one attached hydrogen (secondary N) is 1. The molecule has 0 spiro atoms. The molecular formula is C13H19NO2. The summed E-state index contributed by atoms with van der Waals surface area (Å²) in [6.45, 7) is 3.61. The van der Waals surface area contributed by atoms with Gasteiger partial charge in [-0.15, -0.1) is 0 Å². The van der Waals surface area contributed by atoms with Crippen LogP contribution in [0.1, 0.15) is 25.8 Å². The van der Waals surface area contributed by atoms with E-state index in [1.807, 2.05) is 26.1 Å². The third-order valence-electron chi connectivity index (χ3n) is 3.20. The van der Waals surface area contributed by atoms with Gasteiger partial charge in [0.1, 0.15) is 11.5 Å². The summed E-state index contributed by atoms with van der Waals surface area (Å²) in [5, 5.41) is 12.3. The fraction of sp³-hybridized carbons (Fsp3) is 0.462. The highest BCUT2D eigenvalue weighted by atomic mass is 16.3. The monoisotopic (exact) mass is 221 g/mol. The first kappa shape index (κ1) is 12.7. The van der Waals surface area contributed by atoms with Gasteiger partial charge in [-0.25, -0.2) is 0 Å². The van der Waals surface area contributed by atoms with Crippen LogP contribution in [0.2, 0.25) is 0 Å². The van der Waals surface area contributed by atoms with Gasteiger partial charge in [0.2, 0.25) is 0 Å². The van der Waals surface area contributed by atoms with E-state index in [-0.39, 0.29) is 11.5 Å².